The fraction of sp³-hybridized carbons (Fsp3) is 0.259. The normalized spacial score (nSPS) is 21.4. The molecule has 1 aromatic heterocycles. The summed E-state index contributed by atoms with van der Waals surface area (Å²) in [5.74, 6) is 1.60. The van der Waals surface area contributed by atoms with Crippen molar-refractivity contribution in [3.63, 3.8) is 0 Å². The van der Waals surface area contributed by atoms with Gasteiger partial charge >= 0.3 is 0 Å². The van der Waals surface area contributed by atoms with Crippen molar-refractivity contribution < 1.29 is 9.53 Å². The number of rotatable bonds is 5. The number of hydrogen-bond donors (Lipinski definition) is 1. The van der Waals surface area contributed by atoms with Crippen LogP contribution in [0.25, 0.3) is 22.4 Å². The van der Waals surface area contributed by atoms with Gasteiger partial charge in [0.15, 0.2) is 0 Å². The van der Waals surface area contributed by atoms with E-state index >= 15 is 0 Å². The number of nitrogens with one attached hydrogen (secondary N) is 1. The summed E-state index contributed by atoms with van der Waals surface area (Å²) < 4.78 is 6.15. The van der Waals surface area contributed by atoms with Gasteiger partial charge in [0.1, 0.15) is 11.6 Å². The molecule has 3 heterocycles. The molecule has 2 aliphatic rings. The average Bonchev–Trinajstić information content (AvgIpc) is 3.56. The van der Waals surface area contributed by atoms with Crippen LogP contribution in [-0.4, -0.2) is 51.6 Å². The predicted octanol–water partition coefficient (Wildman–Crippen LogP) is 5.45. The molecule has 6 rings (SSSR count). The van der Waals surface area contributed by atoms with Crippen molar-refractivity contribution in [1.29, 1.82) is 0 Å². The van der Waals surface area contributed by atoms with E-state index in [9.17, 15) is 4.79 Å². The number of aromatic amines is 1. The van der Waals surface area contributed by atoms with E-state index in [-0.39, 0.29) is 11.9 Å². The summed E-state index contributed by atoms with van der Waals surface area (Å²) >= 11 is 3.68. The Kier molecular flexibility index (Phi) is 5.38. The minimum absolute atomic E-state index is 0.0691. The van der Waals surface area contributed by atoms with Gasteiger partial charge < -0.3 is 9.72 Å². The van der Waals surface area contributed by atoms with E-state index in [0.717, 1.165) is 58.5 Å². The fourth-order valence-corrected chi connectivity index (χ4v) is 5.87. The highest BCUT2D eigenvalue weighted by molar-refractivity contribution is 9.10. The van der Waals surface area contributed by atoms with E-state index < -0.39 is 0 Å². The lowest BCUT2D eigenvalue weighted by Crippen LogP contribution is -2.42. The summed E-state index contributed by atoms with van der Waals surface area (Å²) in [5, 5.41) is 4.29. The van der Waals surface area contributed by atoms with Crippen molar-refractivity contribution in [1.82, 2.24) is 20.0 Å². The largest absolute Gasteiger partial charge is 0.497 e. The van der Waals surface area contributed by atoms with Gasteiger partial charge in [0.05, 0.1) is 24.2 Å². The number of aromatic nitrogens is 2. The lowest BCUT2D eigenvalue weighted by Gasteiger charge is -2.28. The lowest BCUT2D eigenvalue weighted by atomic mass is 9.97. The number of carbonyl (C=O) groups is 1. The van der Waals surface area contributed by atoms with Crippen LogP contribution in [-0.2, 0) is 6.42 Å². The molecule has 2 fully saturated rings. The summed E-state index contributed by atoms with van der Waals surface area (Å²) in [5.41, 5.74) is 4.70. The molecule has 2 bridgehead atoms. The molecule has 3 unspecified atom stereocenters. The van der Waals surface area contributed by atoms with Crippen molar-refractivity contribution in [2.24, 2.45) is 0 Å². The lowest BCUT2D eigenvalue weighted by molar-refractivity contribution is 0.0197. The molecule has 3 aromatic carbocycles. The molecule has 0 radical (unpaired) electrons. The number of hydrogen-bond acceptors (Lipinski definition) is 4. The van der Waals surface area contributed by atoms with E-state index in [0.29, 0.717) is 11.6 Å². The Morgan fingerprint density at radius 1 is 1.15 bits per heavy atom. The van der Waals surface area contributed by atoms with E-state index in [2.05, 4.69) is 50.2 Å². The molecule has 0 aliphatic carbocycles. The Hall–Kier alpha value is -3.16. The van der Waals surface area contributed by atoms with E-state index in [4.69, 9.17) is 9.72 Å². The number of ether oxygens (including phenoxy) is 1. The van der Waals surface area contributed by atoms with Crippen LogP contribution in [0.4, 0.5) is 0 Å². The molecule has 3 atom stereocenters. The molecule has 1 N–H and O–H groups in total. The number of fused-ring (bicyclic) bond motifs is 3. The standard InChI is InChI=1S/C27H25BrN4O2/c1-34-21-8-10-24-25(16-21)30-26(29-24)22-9-7-18(14-23(22)28)27(33)32-19-11-12-31(32)20(15-19)13-17-5-3-2-4-6-17/h2-10,14,16,19-20H,11-13,15H2,1H3,(H,29,30). The van der Waals surface area contributed by atoms with Crippen LogP contribution >= 0.6 is 15.9 Å². The maximum atomic E-state index is 13.5. The summed E-state index contributed by atoms with van der Waals surface area (Å²) in [6, 6.07) is 22.7. The number of carbonyl (C=O) groups excluding carboxylic acids is 1. The fourth-order valence-electron chi connectivity index (χ4n) is 5.31. The van der Waals surface area contributed by atoms with E-state index in [1.807, 2.05) is 47.5 Å². The van der Waals surface area contributed by atoms with Crippen molar-refractivity contribution in [3.8, 4) is 17.1 Å². The molecular formula is C27H25BrN4O2. The molecule has 0 saturated carbocycles. The number of nitrogens with zero attached hydrogens (tertiary/aromatic N) is 3. The molecule has 34 heavy (non-hydrogen) atoms. The van der Waals surface area contributed by atoms with Crippen molar-refractivity contribution >= 4 is 32.9 Å². The quantitative estimate of drug-likeness (QED) is 0.383. The molecule has 2 aliphatic heterocycles. The van der Waals surface area contributed by atoms with Crippen molar-refractivity contribution in [2.75, 3.05) is 13.7 Å². The molecule has 1 amide bonds. The molecule has 0 spiro atoms. The van der Waals surface area contributed by atoms with Gasteiger partial charge in [-0.3, -0.25) is 9.80 Å². The number of halogens is 1. The third-order valence-electron chi connectivity index (χ3n) is 6.96. The molecule has 7 heteroatoms. The highest BCUT2D eigenvalue weighted by Gasteiger charge is 2.47. The Morgan fingerprint density at radius 2 is 2.00 bits per heavy atom. The first-order valence-corrected chi connectivity index (χ1v) is 12.4. The Morgan fingerprint density at radius 3 is 2.79 bits per heavy atom. The number of piperidine rings is 1. The Labute approximate surface area is 206 Å². The zero-order valence-corrected chi connectivity index (χ0v) is 20.5. The van der Waals surface area contributed by atoms with Gasteiger partial charge in [0, 0.05) is 34.3 Å². The van der Waals surface area contributed by atoms with Crippen LogP contribution in [0.2, 0.25) is 0 Å². The molecule has 172 valence electrons. The highest BCUT2D eigenvalue weighted by atomic mass is 79.9. The van der Waals surface area contributed by atoms with Gasteiger partial charge in [-0.05, 0) is 55.2 Å². The van der Waals surface area contributed by atoms with Gasteiger partial charge in [0.25, 0.3) is 5.91 Å². The van der Waals surface area contributed by atoms with E-state index in [1.165, 1.54) is 5.56 Å². The van der Waals surface area contributed by atoms with Crippen LogP contribution in [0.1, 0.15) is 28.8 Å². The maximum Gasteiger partial charge on any atom is 0.268 e. The smallest absolute Gasteiger partial charge is 0.268 e. The van der Waals surface area contributed by atoms with Crippen LogP contribution < -0.4 is 4.74 Å². The molecule has 4 aromatic rings. The Bertz CT molecular complexity index is 1370. The first kappa shape index (κ1) is 21.4. The second kappa shape index (κ2) is 8.56. The van der Waals surface area contributed by atoms with Gasteiger partial charge in [0.2, 0.25) is 0 Å². The topological polar surface area (TPSA) is 61.5 Å². The first-order chi connectivity index (χ1) is 16.6. The third-order valence-corrected chi connectivity index (χ3v) is 7.62. The van der Waals surface area contributed by atoms with Gasteiger partial charge in [-0.1, -0.05) is 46.3 Å². The highest BCUT2D eigenvalue weighted by Crippen LogP contribution is 2.37. The second-order valence-corrected chi connectivity index (χ2v) is 9.85. The SMILES string of the molecule is COc1ccc2nc(-c3ccc(C(=O)N4C5CCN4C(Cc4ccccc4)C5)cc3Br)[nH]c2c1. The van der Waals surface area contributed by atoms with Gasteiger partial charge in [-0.15, -0.1) is 0 Å². The minimum atomic E-state index is 0.0691. The summed E-state index contributed by atoms with van der Waals surface area (Å²) in [6.07, 6.45) is 3.04. The average molecular weight is 517 g/mol. The Balaban J connectivity index is 1.24. The molecular weight excluding hydrogens is 492 g/mol. The van der Waals surface area contributed by atoms with Gasteiger partial charge in [-0.25, -0.2) is 9.99 Å². The van der Waals surface area contributed by atoms with Crippen molar-refractivity contribution in [2.45, 2.75) is 31.3 Å². The second-order valence-electron chi connectivity index (χ2n) is 9.00. The predicted molar refractivity (Wildman–Crippen MR) is 136 cm³/mol. The van der Waals surface area contributed by atoms with Crippen LogP contribution in [0, 0.1) is 0 Å². The summed E-state index contributed by atoms with van der Waals surface area (Å²) in [4.78, 5) is 21.6. The van der Waals surface area contributed by atoms with Crippen LogP contribution in [0.15, 0.2) is 71.2 Å². The summed E-state index contributed by atoms with van der Waals surface area (Å²) in [6.45, 7) is 0.940. The van der Waals surface area contributed by atoms with Crippen molar-refractivity contribution in [3.05, 3.63) is 82.3 Å². The number of methoxy groups -OCH3 is 1. The zero-order valence-electron chi connectivity index (χ0n) is 18.9. The number of benzene rings is 3. The third kappa shape index (κ3) is 3.69. The molecule has 2 saturated heterocycles. The van der Waals surface area contributed by atoms with Crippen LogP contribution in [0.3, 0.4) is 0 Å². The van der Waals surface area contributed by atoms with Gasteiger partial charge in [-0.2, -0.15) is 0 Å². The summed E-state index contributed by atoms with van der Waals surface area (Å²) in [7, 11) is 1.65. The number of H-pyrrole nitrogens is 1. The number of hydrazine groups is 1. The molecule has 6 nitrogen and oxygen atoms in total. The number of amides is 1. The number of imidazole rings is 1. The van der Waals surface area contributed by atoms with Crippen LogP contribution in [0.5, 0.6) is 5.75 Å². The van der Waals surface area contributed by atoms with E-state index in [1.54, 1.807) is 7.11 Å². The zero-order chi connectivity index (χ0) is 23.2. The first-order valence-electron chi connectivity index (χ1n) is 11.6. The minimum Gasteiger partial charge on any atom is -0.497 e. The maximum absolute atomic E-state index is 13.5. The monoisotopic (exact) mass is 516 g/mol.